The van der Waals surface area contributed by atoms with Gasteiger partial charge in [0.1, 0.15) is 0 Å². The molecule has 0 saturated heterocycles. The zero-order chi connectivity index (χ0) is 14.8. The molecule has 0 aliphatic heterocycles. The summed E-state index contributed by atoms with van der Waals surface area (Å²) in [4.78, 5) is 23.0. The first kappa shape index (κ1) is 13.8. The second-order valence-electron chi connectivity index (χ2n) is 4.29. The number of rotatable bonds is 4. The number of carboxylic acid groups (broad SMARTS) is 1. The Morgan fingerprint density at radius 2 is 1.50 bits per heavy atom. The molecule has 0 radical (unpaired) electrons. The van der Waals surface area contributed by atoms with Crippen LogP contribution in [0.2, 0.25) is 0 Å². The predicted octanol–water partition coefficient (Wildman–Crippen LogP) is 1.11. The molecule has 1 amide bonds. The topological polar surface area (TPSA) is 101 Å². The van der Waals surface area contributed by atoms with Crippen molar-refractivity contribution in [2.75, 3.05) is 0 Å². The SMILES string of the molecule is NC(=O)C(O)(c1ccccc1)c1ccccc1C(=O)O. The van der Waals surface area contributed by atoms with Gasteiger partial charge in [0.15, 0.2) is 5.60 Å². The van der Waals surface area contributed by atoms with E-state index in [1.165, 1.54) is 30.3 Å². The Morgan fingerprint density at radius 1 is 0.950 bits per heavy atom. The Kier molecular flexibility index (Phi) is 3.54. The van der Waals surface area contributed by atoms with Crippen molar-refractivity contribution in [1.82, 2.24) is 0 Å². The second kappa shape index (κ2) is 5.14. The van der Waals surface area contributed by atoms with Gasteiger partial charge in [0.05, 0.1) is 5.56 Å². The van der Waals surface area contributed by atoms with Crippen LogP contribution in [0.3, 0.4) is 0 Å². The highest BCUT2D eigenvalue weighted by Crippen LogP contribution is 2.31. The number of amides is 1. The molecule has 0 aliphatic rings. The Morgan fingerprint density at radius 3 is 2.05 bits per heavy atom. The van der Waals surface area contributed by atoms with Crippen LogP contribution in [0, 0.1) is 0 Å². The Labute approximate surface area is 115 Å². The van der Waals surface area contributed by atoms with E-state index < -0.39 is 17.5 Å². The van der Waals surface area contributed by atoms with Gasteiger partial charge in [-0.25, -0.2) is 4.79 Å². The number of benzene rings is 2. The largest absolute Gasteiger partial charge is 0.478 e. The van der Waals surface area contributed by atoms with Crippen LogP contribution in [0.4, 0.5) is 0 Å². The third-order valence-electron chi connectivity index (χ3n) is 3.10. The van der Waals surface area contributed by atoms with Crippen molar-refractivity contribution in [2.24, 2.45) is 5.73 Å². The molecule has 20 heavy (non-hydrogen) atoms. The lowest BCUT2D eigenvalue weighted by molar-refractivity contribution is -0.133. The lowest BCUT2D eigenvalue weighted by atomic mass is 9.83. The maximum absolute atomic E-state index is 11.8. The van der Waals surface area contributed by atoms with Gasteiger partial charge in [0.25, 0.3) is 5.91 Å². The summed E-state index contributed by atoms with van der Waals surface area (Å²) >= 11 is 0. The van der Waals surface area contributed by atoms with Crippen LogP contribution in [-0.4, -0.2) is 22.1 Å². The first-order valence-electron chi connectivity index (χ1n) is 5.88. The van der Waals surface area contributed by atoms with E-state index in [0.717, 1.165) is 0 Å². The number of hydrogen-bond acceptors (Lipinski definition) is 3. The van der Waals surface area contributed by atoms with Gasteiger partial charge in [-0.1, -0.05) is 48.5 Å². The number of carbonyl (C=O) groups excluding carboxylic acids is 1. The van der Waals surface area contributed by atoms with Gasteiger partial charge in [-0.15, -0.1) is 0 Å². The van der Waals surface area contributed by atoms with Gasteiger partial charge in [0.2, 0.25) is 0 Å². The molecule has 4 N–H and O–H groups in total. The molecule has 0 spiro atoms. The smallest absolute Gasteiger partial charge is 0.336 e. The van der Waals surface area contributed by atoms with Gasteiger partial charge < -0.3 is 15.9 Å². The fourth-order valence-electron chi connectivity index (χ4n) is 2.09. The number of carbonyl (C=O) groups is 2. The average Bonchev–Trinajstić information content (AvgIpc) is 2.47. The highest BCUT2D eigenvalue weighted by atomic mass is 16.4. The maximum Gasteiger partial charge on any atom is 0.336 e. The number of aromatic carboxylic acids is 1. The standard InChI is InChI=1S/C15H13NO4/c16-14(19)15(20,10-6-2-1-3-7-10)12-9-5-4-8-11(12)13(17)18/h1-9,20H,(H2,16,19)(H,17,18). The summed E-state index contributed by atoms with van der Waals surface area (Å²) in [6, 6.07) is 13.8. The normalized spacial score (nSPS) is 13.4. The molecule has 0 saturated carbocycles. The van der Waals surface area contributed by atoms with E-state index in [1.54, 1.807) is 24.3 Å². The van der Waals surface area contributed by atoms with Gasteiger partial charge in [0, 0.05) is 5.56 Å². The maximum atomic E-state index is 11.8. The van der Waals surface area contributed by atoms with Crippen LogP contribution < -0.4 is 5.73 Å². The summed E-state index contributed by atoms with van der Waals surface area (Å²) in [5.41, 5.74) is 3.14. The van der Waals surface area contributed by atoms with Crippen LogP contribution in [0.5, 0.6) is 0 Å². The molecule has 1 unspecified atom stereocenters. The molecule has 0 aromatic heterocycles. The fraction of sp³-hybridized carbons (Fsp3) is 0.0667. The molecule has 0 fully saturated rings. The van der Waals surface area contributed by atoms with Gasteiger partial charge in [-0.05, 0) is 11.6 Å². The average molecular weight is 271 g/mol. The van der Waals surface area contributed by atoms with Crippen molar-refractivity contribution in [3.8, 4) is 0 Å². The molecule has 0 bridgehead atoms. The summed E-state index contributed by atoms with van der Waals surface area (Å²) in [7, 11) is 0. The van der Waals surface area contributed by atoms with E-state index in [-0.39, 0.29) is 16.7 Å². The summed E-state index contributed by atoms with van der Waals surface area (Å²) in [5.74, 6) is -2.27. The molecule has 2 aromatic carbocycles. The summed E-state index contributed by atoms with van der Waals surface area (Å²) < 4.78 is 0. The fourth-order valence-corrected chi connectivity index (χ4v) is 2.09. The quantitative estimate of drug-likeness (QED) is 0.775. The van der Waals surface area contributed by atoms with E-state index in [4.69, 9.17) is 5.73 Å². The zero-order valence-electron chi connectivity index (χ0n) is 10.5. The lowest BCUT2D eigenvalue weighted by Gasteiger charge is -2.27. The first-order chi connectivity index (χ1) is 9.48. The van der Waals surface area contributed by atoms with E-state index in [9.17, 15) is 19.8 Å². The zero-order valence-corrected chi connectivity index (χ0v) is 10.5. The summed E-state index contributed by atoms with van der Waals surface area (Å²) in [6.45, 7) is 0. The van der Waals surface area contributed by atoms with Crippen LogP contribution in [-0.2, 0) is 10.4 Å². The van der Waals surface area contributed by atoms with Crippen molar-refractivity contribution in [1.29, 1.82) is 0 Å². The molecule has 5 heteroatoms. The Balaban J connectivity index is 2.73. The van der Waals surface area contributed by atoms with Crippen molar-refractivity contribution in [3.63, 3.8) is 0 Å². The minimum atomic E-state index is -2.18. The molecule has 1 atom stereocenters. The number of carboxylic acids is 1. The van der Waals surface area contributed by atoms with Crippen LogP contribution in [0.1, 0.15) is 21.5 Å². The van der Waals surface area contributed by atoms with Crippen LogP contribution in [0.25, 0.3) is 0 Å². The summed E-state index contributed by atoms with van der Waals surface area (Å²) in [5, 5.41) is 19.9. The molecule has 0 heterocycles. The van der Waals surface area contributed by atoms with Crippen molar-refractivity contribution in [3.05, 3.63) is 71.3 Å². The summed E-state index contributed by atoms with van der Waals surface area (Å²) in [6.07, 6.45) is 0. The highest BCUT2D eigenvalue weighted by molar-refractivity contribution is 5.96. The predicted molar refractivity (Wildman–Crippen MR) is 72.0 cm³/mol. The molecular weight excluding hydrogens is 258 g/mol. The first-order valence-corrected chi connectivity index (χ1v) is 5.88. The lowest BCUT2D eigenvalue weighted by Crippen LogP contribution is -2.43. The minimum absolute atomic E-state index is 0.0498. The molecular formula is C15H13NO4. The highest BCUT2D eigenvalue weighted by Gasteiger charge is 2.40. The van der Waals surface area contributed by atoms with Crippen molar-refractivity contribution in [2.45, 2.75) is 5.60 Å². The minimum Gasteiger partial charge on any atom is -0.478 e. The Bertz CT molecular complexity index is 654. The molecule has 102 valence electrons. The number of nitrogens with two attached hydrogens (primary N) is 1. The van der Waals surface area contributed by atoms with Crippen molar-refractivity contribution < 1.29 is 19.8 Å². The number of aliphatic hydroxyl groups is 1. The number of primary amides is 1. The second-order valence-corrected chi connectivity index (χ2v) is 4.29. The van der Waals surface area contributed by atoms with E-state index in [2.05, 4.69) is 0 Å². The molecule has 5 nitrogen and oxygen atoms in total. The molecule has 2 rings (SSSR count). The van der Waals surface area contributed by atoms with Gasteiger partial charge >= 0.3 is 5.97 Å². The number of hydrogen-bond donors (Lipinski definition) is 3. The van der Waals surface area contributed by atoms with E-state index >= 15 is 0 Å². The van der Waals surface area contributed by atoms with Crippen LogP contribution in [0.15, 0.2) is 54.6 Å². The van der Waals surface area contributed by atoms with Gasteiger partial charge in [-0.3, -0.25) is 4.79 Å². The third kappa shape index (κ3) is 2.15. The van der Waals surface area contributed by atoms with E-state index in [0.29, 0.717) is 0 Å². The van der Waals surface area contributed by atoms with E-state index in [1.807, 2.05) is 0 Å². The third-order valence-corrected chi connectivity index (χ3v) is 3.10. The monoisotopic (exact) mass is 271 g/mol. The Hall–Kier alpha value is -2.66. The molecule has 2 aromatic rings. The van der Waals surface area contributed by atoms with Crippen LogP contribution >= 0.6 is 0 Å². The molecule has 0 aliphatic carbocycles. The van der Waals surface area contributed by atoms with Crippen molar-refractivity contribution >= 4 is 11.9 Å². The van der Waals surface area contributed by atoms with Gasteiger partial charge in [-0.2, -0.15) is 0 Å².